The molecule has 0 atom stereocenters. The highest BCUT2D eigenvalue weighted by Crippen LogP contribution is 2.24. The molecule has 3 aromatic carbocycles. The Kier molecular flexibility index (Phi) is 7.24. The van der Waals surface area contributed by atoms with Crippen LogP contribution in [0.1, 0.15) is 38.3 Å². The molecule has 0 unspecified atom stereocenters. The van der Waals surface area contributed by atoms with E-state index in [1.165, 1.54) is 0 Å². The van der Waals surface area contributed by atoms with Crippen molar-refractivity contribution in [2.75, 3.05) is 6.54 Å². The Morgan fingerprint density at radius 2 is 1.68 bits per heavy atom. The topological polar surface area (TPSA) is 79.3 Å². The van der Waals surface area contributed by atoms with Gasteiger partial charge in [-0.05, 0) is 59.2 Å². The van der Waals surface area contributed by atoms with Crippen LogP contribution in [0.4, 0.5) is 0 Å². The molecule has 0 spiro atoms. The lowest BCUT2D eigenvalue weighted by Gasteiger charge is -2.12. The minimum Gasteiger partial charge on any atom is -0.481 e. The van der Waals surface area contributed by atoms with Crippen molar-refractivity contribution in [2.24, 2.45) is 0 Å². The van der Waals surface area contributed by atoms with Gasteiger partial charge in [-0.3, -0.25) is 14.6 Å². The summed E-state index contributed by atoms with van der Waals surface area (Å²) in [5.41, 5.74) is 5.28. The van der Waals surface area contributed by atoms with Gasteiger partial charge in [-0.1, -0.05) is 60.1 Å². The quantitative estimate of drug-likeness (QED) is 0.360. The van der Waals surface area contributed by atoms with Crippen LogP contribution in [0, 0.1) is 6.92 Å². The van der Waals surface area contributed by atoms with E-state index in [2.05, 4.69) is 10.3 Å². The van der Waals surface area contributed by atoms with Gasteiger partial charge in [0.15, 0.2) is 0 Å². The number of benzene rings is 3. The molecule has 0 radical (unpaired) electrons. The predicted molar refractivity (Wildman–Crippen MR) is 135 cm³/mol. The molecule has 0 aliphatic rings. The number of halogens is 1. The van der Waals surface area contributed by atoms with Gasteiger partial charge in [-0.25, -0.2) is 0 Å². The number of carbonyl (C=O) groups is 2. The van der Waals surface area contributed by atoms with E-state index in [0.717, 1.165) is 39.6 Å². The van der Waals surface area contributed by atoms with Crippen molar-refractivity contribution < 1.29 is 14.7 Å². The second-order valence-electron chi connectivity index (χ2n) is 8.30. The fourth-order valence-electron chi connectivity index (χ4n) is 4.10. The molecular formula is C28H25ClN2O3. The molecule has 0 aliphatic carbocycles. The standard InChI is InChI=1S/C28H25ClN2O3/c1-18-14-20(8-11-23(18)28(34)30-13-12-19-6-9-22(29)10-7-19)15-26-25-5-3-2-4-24(25)21(17-31-26)16-27(32)33/h2-11,14,17H,12-13,15-16H2,1H3,(H,30,34)(H,32,33). The van der Waals surface area contributed by atoms with Gasteiger partial charge >= 0.3 is 5.97 Å². The number of nitrogens with zero attached hydrogens (tertiary/aromatic N) is 1. The highest BCUT2D eigenvalue weighted by atomic mass is 35.5. The Hall–Kier alpha value is -3.70. The van der Waals surface area contributed by atoms with Crippen LogP contribution in [0.5, 0.6) is 0 Å². The van der Waals surface area contributed by atoms with Crippen LogP contribution in [0.3, 0.4) is 0 Å². The zero-order chi connectivity index (χ0) is 24.1. The Morgan fingerprint density at radius 1 is 0.971 bits per heavy atom. The fraction of sp³-hybridized carbons (Fsp3) is 0.179. The molecule has 1 aromatic heterocycles. The van der Waals surface area contributed by atoms with E-state index in [-0.39, 0.29) is 12.3 Å². The molecule has 172 valence electrons. The van der Waals surface area contributed by atoms with Crippen LogP contribution in [0.25, 0.3) is 10.8 Å². The van der Waals surface area contributed by atoms with Gasteiger partial charge in [0.05, 0.1) is 12.1 Å². The highest BCUT2D eigenvalue weighted by Gasteiger charge is 2.13. The van der Waals surface area contributed by atoms with Crippen molar-refractivity contribution in [2.45, 2.75) is 26.2 Å². The van der Waals surface area contributed by atoms with Crippen molar-refractivity contribution in [1.29, 1.82) is 0 Å². The number of aryl methyl sites for hydroxylation is 1. The van der Waals surface area contributed by atoms with Crippen LogP contribution >= 0.6 is 11.6 Å². The van der Waals surface area contributed by atoms with Crippen molar-refractivity contribution in [3.05, 3.63) is 111 Å². The first-order valence-electron chi connectivity index (χ1n) is 11.1. The zero-order valence-corrected chi connectivity index (χ0v) is 19.6. The van der Waals surface area contributed by atoms with Gasteiger partial charge in [0.1, 0.15) is 0 Å². The number of carbonyl (C=O) groups excluding carboxylic acids is 1. The van der Waals surface area contributed by atoms with Crippen LogP contribution in [-0.4, -0.2) is 28.5 Å². The fourth-order valence-corrected chi connectivity index (χ4v) is 4.23. The first-order chi connectivity index (χ1) is 16.4. The Bertz CT molecular complexity index is 1350. The summed E-state index contributed by atoms with van der Waals surface area (Å²) in [6, 6.07) is 21.2. The van der Waals surface area contributed by atoms with Crippen LogP contribution < -0.4 is 5.32 Å². The minimum absolute atomic E-state index is 0.0608. The number of fused-ring (bicyclic) bond motifs is 1. The summed E-state index contributed by atoms with van der Waals surface area (Å²) in [5, 5.41) is 14.7. The number of carboxylic acid groups (broad SMARTS) is 1. The summed E-state index contributed by atoms with van der Waals surface area (Å²) >= 11 is 5.92. The molecule has 1 amide bonds. The van der Waals surface area contributed by atoms with E-state index >= 15 is 0 Å². The van der Waals surface area contributed by atoms with Crippen molar-refractivity contribution in [3.63, 3.8) is 0 Å². The van der Waals surface area contributed by atoms with Crippen molar-refractivity contribution in [3.8, 4) is 0 Å². The molecule has 0 saturated carbocycles. The number of hydrogen-bond donors (Lipinski definition) is 2. The van der Waals surface area contributed by atoms with Gasteiger partial charge in [0.2, 0.25) is 0 Å². The number of hydrogen-bond acceptors (Lipinski definition) is 3. The molecule has 0 fully saturated rings. The second kappa shape index (κ2) is 10.5. The molecule has 4 rings (SSSR count). The Balaban J connectivity index is 1.46. The average Bonchev–Trinajstić information content (AvgIpc) is 2.82. The molecule has 0 bridgehead atoms. The summed E-state index contributed by atoms with van der Waals surface area (Å²) < 4.78 is 0. The van der Waals surface area contributed by atoms with E-state index in [1.54, 1.807) is 6.20 Å². The monoisotopic (exact) mass is 472 g/mol. The summed E-state index contributed by atoms with van der Waals surface area (Å²) in [6.07, 6.45) is 2.92. The van der Waals surface area contributed by atoms with Crippen LogP contribution in [0.2, 0.25) is 5.02 Å². The Labute approximate surface area is 203 Å². The van der Waals surface area contributed by atoms with Gasteiger partial charge in [-0.15, -0.1) is 0 Å². The molecular weight excluding hydrogens is 448 g/mol. The maximum absolute atomic E-state index is 12.7. The molecule has 34 heavy (non-hydrogen) atoms. The predicted octanol–water partition coefficient (Wildman–Crippen LogP) is 5.39. The molecule has 2 N–H and O–H groups in total. The lowest BCUT2D eigenvalue weighted by Crippen LogP contribution is -2.26. The smallest absolute Gasteiger partial charge is 0.307 e. The summed E-state index contributed by atoms with van der Waals surface area (Å²) in [4.78, 5) is 28.5. The second-order valence-corrected chi connectivity index (χ2v) is 8.74. The van der Waals surface area contributed by atoms with E-state index < -0.39 is 5.97 Å². The summed E-state index contributed by atoms with van der Waals surface area (Å²) in [7, 11) is 0. The van der Waals surface area contributed by atoms with Gasteiger partial charge in [0, 0.05) is 35.1 Å². The number of carboxylic acids is 1. The number of aromatic nitrogens is 1. The van der Waals surface area contributed by atoms with Crippen molar-refractivity contribution in [1.82, 2.24) is 10.3 Å². The largest absolute Gasteiger partial charge is 0.481 e. The summed E-state index contributed by atoms with van der Waals surface area (Å²) in [6.45, 7) is 2.47. The molecule has 1 heterocycles. The third kappa shape index (κ3) is 5.61. The van der Waals surface area contributed by atoms with Gasteiger partial charge < -0.3 is 10.4 Å². The highest BCUT2D eigenvalue weighted by molar-refractivity contribution is 6.30. The zero-order valence-electron chi connectivity index (χ0n) is 18.8. The lowest BCUT2D eigenvalue weighted by molar-refractivity contribution is -0.136. The third-order valence-electron chi connectivity index (χ3n) is 5.82. The maximum atomic E-state index is 12.7. The number of pyridine rings is 1. The van der Waals surface area contributed by atoms with E-state index in [1.807, 2.05) is 73.7 Å². The first-order valence-corrected chi connectivity index (χ1v) is 11.5. The maximum Gasteiger partial charge on any atom is 0.307 e. The Morgan fingerprint density at radius 3 is 2.38 bits per heavy atom. The average molecular weight is 473 g/mol. The molecule has 0 saturated heterocycles. The SMILES string of the molecule is Cc1cc(Cc2ncc(CC(=O)O)c3ccccc23)ccc1C(=O)NCCc1ccc(Cl)cc1. The normalized spacial score (nSPS) is 10.9. The number of amides is 1. The molecule has 5 nitrogen and oxygen atoms in total. The number of rotatable bonds is 8. The first kappa shape index (κ1) is 23.5. The van der Waals surface area contributed by atoms with E-state index in [0.29, 0.717) is 29.1 Å². The molecule has 6 heteroatoms. The minimum atomic E-state index is -0.877. The van der Waals surface area contributed by atoms with Gasteiger partial charge in [-0.2, -0.15) is 0 Å². The van der Waals surface area contributed by atoms with Crippen LogP contribution in [0.15, 0.2) is 72.9 Å². The van der Waals surface area contributed by atoms with Gasteiger partial charge in [0.25, 0.3) is 5.91 Å². The lowest BCUT2D eigenvalue weighted by atomic mass is 9.97. The van der Waals surface area contributed by atoms with E-state index in [4.69, 9.17) is 11.6 Å². The van der Waals surface area contributed by atoms with E-state index in [9.17, 15) is 14.7 Å². The third-order valence-corrected chi connectivity index (χ3v) is 6.07. The molecule has 0 aliphatic heterocycles. The number of nitrogens with one attached hydrogen (secondary N) is 1. The molecule has 4 aromatic rings. The van der Waals surface area contributed by atoms with Crippen LogP contribution in [-0.2, 0) is 24.1 Å². The summed E-state index contributed by atoms with van der Waals surface area (Å²) in [5.74, 6) is -0.975. The number of aliphatic carboxylic acids is 1. The van der Waals surface area contributed by atoms with Crippen molar-refractivity contribution >= 4 is 34.2 Å².